The van der Waals surface area contributed by atoms with Crippen molar-refractivity contribution in [1.82, 2.24) is 14.5 Å². The summed E-state index contributed by atoms with van der Waals surface area (Å²) in [6.07, 6.45) is 7.44. The van der Waals surface area contributed by atoms with E-state index in [1.807, 2.05) is 23.9 Å². The predicted octanol–water partition coefficient (Wildman–Crippen LogP) is 3.98. The number of hydrogen-bond donors (Lipinski definition) is 2. The van der Waals surface area contributed by atoms with Crippen LogP contribution < -0.4 is 10.6 Å². The zero-order valence-corrected chi connectivity index (χ0v) is 13.5. The van der Waals surface area contributed by atoms with Crippen LogP contribution in [0.1, 0.15) is 24.8 Å². The molecule has 1 saturated carbocycles. The van der Waals surface area contributed by atoms with Gasteiger partial charge in [-0.3, -0.25) is 0 Å². The summed E-state index contributed by atoms with van der Waals surface area (Å²) in [5.41, 5.74) is 5.43. The molecule has 3 aromatic rings. The van der Waals surface area contributed by atoms with Gasteiger partial charge in [-0.2, -0.15) is 0 Å². The van der Waals surface area contributed by atoms with E-state index in [1.54, 1.807) is 6.33 Å². The summed E-state index contributed by atoms with van der Waals surface area (Å²) < 4.78 is 2.05. The van der Waals surface area contributed by atoms with Crippen LogP contribution in [-0.2, 0) is 7.05 Å². The van der Waals surface area contributed by atoms with E-state index >= 15 is 0 Å². The molecular formula is C18H21N5. The molecule has 0 unspecified atom stereocenters. The van der Waals surface area contributed by atoms with Crippen LogP contribution in [0.5, 0.6) is 0 Å². The number of fused-ring (bicyclic) bond motifs is 1. The van der Waals surface area contributed by atoms with Crippen molar-refractivity contribution < 1.29 is 0 Å². The molecule has 0 spiro atoms. The van der Waals surface area contributed by atoms with E-state index in [4.69, 9.17) is 0 Å². The first-order chi connectivity index (χ1) is 11.2. The number of aryl methyl sites for hydroxylation is 2. The third-order valence-corrected chi connectivity index (χ3v) is 4.55. The monoisotopic (exact) mass is 307 g/mol. The first-order valence-electron chi connectivity index (χ1n) is 8.11. The minimum Gasteiger partial charge on any atom is -0.381 e. The predicted molar refractivity (Wildman–Crippen MR) is 94.2 cm³/mol. The van der Waals surface area contributed by atoms with Gasteiger partial charge >= 0.3 is 0 Å². The first-order valence-corrected chi connectivity index (χ1v) is 8.11. The summed E-state index contributed by atoms with van der Waals surface area (Å²) in [6.45, 7) is 2.12. The van der Waals surface area contributed by atoms with Crippen LogP contribution in [0, 0.1) is 6.92 Å². The summed E-state index contributed by atoms with van der Waals surface area (Å²) in [4.78, 5) is 8.77. The van der Waals surface area contributed by atoms with Gasteiger partial charge in [0.1, 0.15) is 11.8 Å². The molecule has 118 valence electrons. The van der Waals surface area contributed by atoms with Gasteiger partial charge in [-0.25, -0.2) is 9.97 Å². The third kappa shape index (κ3) is 2.63. The van der Waals surface area contributed by atoms with Crippen LogP contribution >= 0.6 is 0 Å². The Bertz CT molecular complexity index is 848. The molecule has 4 rings (SSSR count). The molecule has 2 N–H and O–H groups in total. The fraction of sp³-hybridized carbons (Fsp3) is 0.333. The Morgan fingerprint density at radius 3 is 2.78 bits per heavy atom. The van der Waals surface area contributed by atoms with Gasteiger partial charge in [0.25, 0.3) is 0 Å². The molecule has 1 aliphatic carbocycles. The molecule has 2 aromatic heterocycles. The maximum Gasteiger partial charge on any atom is 0.158 e. The topological polar surface area (TPSA) is 54.8 Å². The molecular weight excluding hydrogens is 286 g/mol. The molecule has 1 aromatic carbocycles. The second kappa shape index (κ2) is 5.57. The molecule has 0 amide bonds. The highest BCUT2D eigenvalue weighted by molar-refractivity contribution is 5.89. The third-order valence-electron chi connectivity index (χ3n) is 4.55. The van der Waals surface area contributed by atoms with Gasteiger partial charge in [0, 0.05) is 19.3 Å². The van der Waals surface area contributed by atoms with Crippen LogP contribution in [0.15, 0.2) is 36.8 Å². The summed E-state index contributed by atoms with van der Waals surface area (Å²) in [5.74, 6) is 0.836. The number of hydrogen-bond acceptors (Lipinski definition) is 4. The number of anilines is 3. The van der Waals surface area contributed by atoms with Gasteiger partial charge in [-0.05, 0) is 49.9 Å². The minimum atomic E-state index is 0.595. The van der Waals surface area contributed by atoms with Crippen molar-refractivity contribution in [3.05, 3.63) is 42.4 Å². The van der Waals surface area contributed by atoms with Crippen LogP contribution in [0.4, 0.5) is 17.2 Å². The molecule has 0 saturated heterocycles. The Morgan fingerprint density at radius 1 is 1.13 bits per heavy atom. The van der Waals surface area contributed by atoms with Gasteiger partial charge in [0.15, 0.2) is 5.82 Å². The number of aromatic nitrogens is 3. The van der Waals surface area contributed by atoms with E-state index in [0.29, 0.717) is 6.04 Å². The van der Waals surface area contributed by atoms with Gasteiger partial charge in [0.2, 0.25) is 0 Å². The standard InChI is InChI=1S/C18H21N5/c1-12-6-7-14(16(10-12)21-13-4-3-5-13)22-18-17-15(19-11-20-18)8-9-23(17)2/h6-11,13,21H,3-5H2,1-2H3,(H,19,20,22). The second-order valence-electron chi connectivity index (χ2n) is 6.33. The zero-order chi connectivity index (χ0) is 15.8. The Balaban J connectivity index is 1.71. The number of nitrogens with one attached hydrogen (secondary N) is 2. The highest BCUT2D eigenvalue weighted by atomic mass is 15.1. The fourth-order valence-electron chi connectivity index (χ4n) is 3.00. The minimum absolute atomic E-state index is 0.595. The highest BCUT2D eigenvalue weighted by Crippen LogP contribution is 2.32. The fourth-order valence-corrected chi connectivity index (χ4v) is 3.00. The molecule has 5 heteroatoms. The SMILES string of the molecule is Cc1ccc(Nc2ncnc3ccn(C)c23)c(NC2CCC2)c1. The van der Waals surface area contributed by atoms with Crippen molar-refractivity contribution in [2.24, 2.45) is 7.05 Å². The van der Waals surface area contributed by atoms with Crippen molar-refractivity contribution >= 4 is 28.2 Å². The molecule has 23 heavy (non-hydrogen) atoms. The molecule has 2 heterocycles. The van der Waals surface area contributed by atoms with Gasteiger partial charge < -0.3 is 15.2 Å². The molecule has 1 aliphatic rings. The Morgan fingerprint density at radius 2 is 2.00 bits per heavy atom. The van der Waals surface area contributed by atoms with Crippen LogP contribution in [0.3, 0.4) is 0 Å². The zero-order valence-electron chi connectivity index (χ0n) is 13.5. The number of benzene rings is 1. The Kier molecular flexibility index (Phi) is 3.41. The maximum atomic E-state index is 4.44. The van der Waals surface area contributed by atoms with Crippen molar-refractivity contribution in [2.45, 2.75) is 32.2 Å². The van der Waals surface area contributed by atoms with Crippen LogP contribution in [-0.4, -0.2) is 20.6 Å². The molecule has 0 radical (unpaired) electrons. The molecule has 1 fully saturated rings. The molecule has 0 bridgehead atoms. The average molecular weight is 307 g/mol. The Labute approximate surface area is 135 Å². The lowest BCUT2D eigenvalue weighted by Crippen LogP contribution is -2.27. The summed E-state index contributed by atoms with van der Waals surface area (Å²) in [5, 5.41) is 7.14. The van der Waals surface area contributed by atoms with Crippen molar-refractivity contribution in [3.8, 4) is 0 Å². The van der Waals surface area contributed by atoms with Crippen LogP contribution in [0.2, 0.25) is 0 Å². The largest absolute Gasteiger partial charge is 0.381 e. The molecule has 0 aliphatic heterocycles. The van der Waals surface area contributed by atoms with E-state index in [9.17, 15) is 0 Å². The summed E-state index contributed by atoms with van der Waals surface area (Å²) >= 11 is 0. The quantitative estimate of drug-likeness (QED) is 0.765. The molecule has 5 nitrogen and oxygen atoms in total. The van der Waals surface area contributed by atoms with Crippen molar-refractivity contribution in [1.29, 1.82) is 0 Å². The summed E-state index contributed by atoms with van der Waals surface area (Å²) in [6, 6.07) is 9.04. The van der Waals surface area contributed by atoms with E-state index in [2.05, 4.69) is 45.7 Å². The van der Waals surface area contributed by atoms with Gasteiger partial charge in [0.05, 0.1) is 16.9 Å². The molecule has 0 atom stereocenters. The number of rotatable bonds is 4. The Hall–Kier alpha value is -2.56. The summed E-state index contributed by atoms with van der Waals surface area (Å²) in [7, 11) is 2.01. The lowest BCUT2D eigenvalue weighted by molar-refractivity contribution is 0.445. The maximum absolute atomic E-state index is 4.44. The van der Waals surface area contributed by atoms with Gasteiger partial charge in [-0.1, -0.05) is 6.07 Å². The van der Waals surface area contributed by atoms with E-state index in [1.165, 1.54) is 24.8 Å². The second-order valence-corrected chi connectivity index (χ2v) is 6.33. The van der Waals surface area contributed by atoms with Crippen LogP contribution in [0.25, 0.3) is 11.0 Å². The highest BCUT2D eigenvalue weighted by Gasteiger charge is 2.18. The first kappa shape index (κ1) is 14.1. The van der Waals surface area contributed by atoms with E-state index in [0.717, 1.165) is 28.2 Å². The van der Waals surface area contributed by atoms with Crippen molar-refractivity contribution in [2.75, 3.05) is 10.6 Å². The van der Waals surface area contributed by atoms with Crippen molar-refractivity contribution in [3.63, 3.8) is 0 Å². The van der Waals surface area contributed by atoms with E-state index < -0.39 is 0 Å². The lowest BCUT2D eigenvalue weighted by atomic mass is 9.93. The number of nitrogens with zero attached hydrogens (tertiary/aromatic N) is 3. The average Bonchev–Trinajstić information content (AvgIpc) is 2.88. The van der Waals surface area contributed by atoms with Gasteiger partial charge in [-0.15, -0.1) is 0 Å². The lowest BCUT2D eigenvalue weighted by Gasteiger charge is -2.29. The van der Waals surface area contributed by atoms with E-state index in [-0.39, 0.29) is 0 Å². The normalized spacial score (nSPS) is 14.7. The smallest absolute Gasteiger partial charge is 0.158 e.